The Balaban J connectivity index is 1.00. The summed E-state index contributed by atoms with van der Waals surface area (Å²) in [4.78, 5) is 0. The number of aromatic nitrogens is 3. The predicted octanol–water partition coefficient (Wildman–Crippen LogP) is 16.2. The highest BCUT2D eigenvalue weighted by Gasteiger charge is 2.19. The first-order chi connectivity index (χ1) is 32.2. The van der Waals surface area contributed by atoms with Gasteiger partial charge in [-0.1, -0.05) is 103 Å². The van der Waals surface area contributed by atoms with Gasteiger partial charge in [0.05, 0.1) is 33.1 Å². The zero-order valence-electron chi connectivity index (χ0n) is 35.2. The van der Waals surface area contributed by atoms with Crippen LogP contribution in [0.5, 0.6) is 23.0 Å². The van der Waals surface area contributed by atoms with Crippen LogP contribution in [0, 0.1) is 0 Å². The Bertz CT molecular complexity index is 3920. The maximum absolute atomic E-state index is 6.47. The molecular weight excluding hydrogens is 795 g/mol. The molecule has 0 aliphatic carbocycles. The smallest absolute Gasteiger partial charge is 0.128 e. The van der Waals surface area contributed by atoms with Gasteiger partial charge in [-0.25, -0.2) is 0 Å². The molecule has 0 unspecified atom stereocenters. The molecule has 0 aliphatic rings. The van der Waals surface area contributed by atoms with Gasteiger partial charge < -0.3 is 23.2 Å². The van der Waals surface area contributed by atoms with E-state index in [4.69, 9.17) is 9.47 Å². The minimum atomic E-state index is 0.790. The molecule has 5 nitrogen and oxygen atoms in total. The number of fused-ring (bicyclic) bond motifs is 9. The van der Waals surface area contributed by atoms with Crippen LogP contribution >= 0.6 is 0 Å². The fourth-order valence-corrected chi connectivity index (χ4v) is 9.83. The van der Waals surface area contributed by atoms with E-state index in [0.717, 1.165) is 94.8 Å². The van der Waals surface area contributed by atoms with Crippen molar-refractivity contribution in [1.82, 2.24) is 13.7 Å². The lowest BCUT2D eigenvalue weighted by Gasteiger charge is -2.11. The van der Waals surface area contributed by atoms with Crippen molar-refractivity contribution in [3.05, 3.63) is 237 Å². The quantitative estimate of drug-likeness (QED) is 0.153. The first-order valence-corrected chi connectivity index (χ1v) is 22.0. The molecule has 0 radical (unpaired) electrons. The summed E-state index contributed by atoms with van der Waals surface area (Å²) < 4.78 is 20.0. The lowest BCUT2D eigenvalue weighted by molar-refractivity contribution is 0.483. The lowest BCUT2D eigenvalue weighted by atomic mass is 10.0. The van der Waals surface area contributed by atoms with E-state index in [1.165, 1.54) is 21.8 Å². The second kappa shape index (κ2) is 14.9. The van der Waals surface area contributed by atoms with E-state index < -0.39 is 0 Å². The molecule has 0 fully saturated rings. The Morgan fingerprint density at radius 3 is 1.06 bits per heavy atom. The topological polar surface area (TPSA) is 33.2 Å². The SMILES string of the molecule is c1ccc(Oc2ccc3c(c2)c2cc(-c4ccc5c(c4)c4cc(Oc6ccccc6)ccc4n5-c4ccc5c(c4)c4ccccc4n5-c4ccccc4)ccc2n3-c2ccccc2)cc1. The summed E-state index contributed by atoms with van der Waals surface area (Å²) in [5, 5.41) is 6.97. The molecule has 13 rings (SSSR count). The van der Waals surface area contributed by atoms with E-state index >= 15 is 0 Å². The zero-order valence-corrected chi connectivity index (χ0v) is 35.2. The average molecular weight is 834 g/mol. The largest absolute Gasteiger partial charge is 0.457 e. The van der Waals surface area contributed by atoms with Gasteiger partial charge in [0.25, 0.3) is 0 Å². The van der Waals surface area contributed by atoms with Gasteiger partial charge in [0.1, 0.15) is 23.0 Å². The number of benzene rings is 10. The second-order valence-corrected chi connectivity index (χ2v) is 16.5. The number of nitrogens with zero attached hydrogens (tertiary/aromatic N) is 3. The van der Waals surface area contributed by atoms with Crippen molar-refractivity contribution in [2.45, 2.75) is 0 Å². The van der Waals surface area contributed by atoms with Crippen LogP contribution < -0.4 is 9.47 Å². The van der Waals surface area contributed by atoms with Gasteiger partial charge in [0.2, 0.25) is 0 Å². The Kier molecular flexibility index (Phi) is 8.46. The van der Waals surface area contributed by atoms with Crippen molar-refractivity contribution in [1.29, 1.82) is 0 Å². The first kappa shape index (κ1) is 36.8. The van der Waals surface area contributed by atoms with Crippen molar-refractivity contribution in [3.8, 4) is 51.2 Å². The molecule has 0 amide bonds. The molecule has 3 heterocycles. The highest BCUT2D eigenvalue weighted by Crippen LogP contribution is 2.42. The van der Waals surface area contributed by atoms with E-state index in [0.29, 0.717) is 0 Å². The van der Waals surface area contributed by atoms with Crippen LogP contribution in [0.3, 0.4) is 0 Å². The zero-order chi connectivity index (χ0) is 42.8. The van der Waals surface area contributed by atoms with Crippen LogP contribution in [0.15, 0.2) is 237 Å². The molecule has 13 aromatic rings. The minimum Gasteiger partial charge on any atom is -0.457 e. The number of hydrogen-bond donors (Lipinski definition) is 0. The third kappa shape index (κ3) is 6.16. The van der Waals surface area contributed by atoms with Crippen LogP contribution in [-0.2, 0) is 0 Å². The van der Waals surface area contributed by atoms with Crippen molar-refractivity contribution in [3.63, 3.8) is 0 Å². The minimum absolute atomic E-state index is 0.790. The molecule has 3 aromatic heterocycles. The molecule has 306 valence electrons. The molecule has 5 heteroatoms. The fraction of sp³-hybridized carbons (Fsp3) is 0. The predicted molar refractivity (Wildman–Crippen MR) is 268 cm³/mol. The maximum Gasteiger partial charge on any atom is 0.128 e. The number of rotatable bonds is 8. The van der Waals surface area contributed by atoms with Gasteiger partial charge in [-0.2, -0.15) is 0 Å². The molecule has 0 atom stereocenters. The number of hydrogen-bond acceptors (Lipinski definition) is 2. The van der Waals surface area contributed by atoms with Crippen LogP contribution in [0.1, 0.15) is 0 Å². The first-order valence-electron chi connectivity index (χ1n) is 22.0. The van der Waals surface area contributed by atoms with Gasteiger partial charge in [-0.05, 0) is 145 Å². The van der Waals surface area contributed by atoms with Gasteiger partial charge in [0.15, 0.2) is 0 Å². The Labute approximate surface area is 374 Å². The van der Waals surface area contributed by atoms with Crippen LogP contribution in [0.4, 0.5) is 0 Å². The van der Waals surface area contributed by atoms with Gasteiger partial charge in [-0.15, -0.1) is 0 Å². The Morgan fingerprint density at radius 2 is 0.569 bits per heavy atom. The molecule has 0 aliphatic heterocycles. The third-order valence-corrected chi connectivity index (χ3v) is 12.7. The summed E-state index contributed by atoms with van der Waals surface area (Å²) in [6.07, 6.45) is 0. The van der Waals surface area contributed by atoms with E-state index in [1.807, 2.05) is 60.7 Å². The summed E-state index contributed by atoms with van der Waals surface area (Å²) in [5.41, 5.74) is 12.5. The molecule has 0 saturated heterocycles. The Morgan fingerprint density at radius 1 is 0.215 bits per heavy atom. The van der Waals surface area contributed by atoms with Gasteiger partial charge >= 0.3 is 0 Å². The summed E-state index contributed by atoms with van der Waals surface area (Å²) >= 11 is 0. The second-order valence-electron chi connectivity index (χ2n) is 16.5. The number of ether oxygens (including phenoxy) is 2. The normalized spacial score (nSPS) is 11.7. The van der Waals surface area contributed by atoms with Crippen molar-refractivity contribution >= 4 is 65.4 Å². The highest BCUT2D eigenvalue weighted by atomic mass is 16.5. The lowest BCUT2D eigenvalue weighted by Crippen LogP contribution is -1.95. The van der Waals surface area contributed by atoms with Crippen molar-refractivity contribution in [2.24, 2.45) is 0 Å². The molecule has 0 saturated carbocycles. The molecule has 0 N–H and O–H groups in total. The summed E-state index contributed by atoms with van der Waals surface area (Å²) in [7, 11) is 0. The van der Waals surface area contributed by atoms with E-state index in [9.17, 15) is 0 Å². The molecule has 65 heavy (non-hydrogen) atoms. The molecule has 10 aromatic carbocycles. The van der Waals surface area contributed by atoms with Gasteiger partial charge in [0, 0.05) is 49.4 Å². The van der Waals surface area contributed by atoms with Gasteiger partial charge in [-0.3, -0.25) is 0 Å². The van der Waals surface area contributed by atoms with Crippen molar-refractivity contribution < 1.29 is 9.47 Å². The summed E-state index contributed by atoms with van der Waals surface area (Å²) in [5.74, 6) is 3.20. The van der Waals surface area contributed by atoms with Crippen molar-refractivity contribution in [2.75, 3.05) is 0 Å². The molecule has 0 bridgehead atoms. The van der Waals surface area contributed by atoms with E-state index in [2.05, 4.69) is 190 Å². The molecule has 0 spiro atoms. The van der Waals surface area contributed by atoms with E-state index in [1.54, 1.807) is 0 Å². The average Bonchev–Trinajstić information content (AvgIpc) is 3.99. The maximum atomic E-state index is 6.47. The van der Waals surface area contributed by atoms with Crippen LogP contribution in [-0.4, -0.2) is 13.7 Å². The summed E-state index contributed by atoms with van der Waals surface area (Å²) in [6.45, 7) is 0. The number of para-hydroxylation sites is 5. The monoisotopic (exact) mass is 833 g/mol. The molecular formula is C60H39N3O2. The standard InChI is InChI=1S/C60H39N3O2/c1-5-15-42(16-6-1)61-55-24-14-13-23-49(55)52-37-44(27-32-58(52)61)63-57-31-26-41(36-51(57)54-39-48(29-34-60(54)63)65-46-21-11-4-12-22-46)40-25-30-56-50(35-40)53-38-47(64-45-19-9-3-10-20-45)28-33-59(53)62(56)43-17-7-2-8-18-43/h1-39H. The van der Waals surface area contributed by atoms with Crippen LogP contribution in [0.25, 0.3) is 93.6 Å². The Hall–Kier alpha value is -8.80. The highest BCUT2D eigenvalue weighted by molar-refractivity contribution is 6.14. The van der Waals surface area contributed by atoms with Crippen LogP contribution in [0.2, 0.25) is 0 Å². The third-order valence-electron chi connectivity index (χ3n) is 12.7. The summed E-state index contributed by atoms with van der Waals surface area (Å²) in [6, 6.07) is 83.4. The fourth-order valence-electron chi connectivity index (χ4n) is 9.83. The van der Waals surface area contributed by atoms with E-state index in [-0.39, 0.29) is 0 Å².